The molecule has 8 nitrogen and oxygen atoms in total. The van der Waals surface area contributed by atoms with Crippen molar-refractivity contribution in [1.29, 1.82) is 0 Å². The second-order valence-electron chi connectivity index (χ2n) is 8.94. The molecular weight excluding hydrogens is 427 g/mol. The van der Waals surface area contributed by atoms with Gasteiger partial charge < -0.3 is 34.8 Å². The third-order valence-electron chi connectivity index (χ3n) is 5.86. The Hall–Kier alpha value is -0.545. The third kappa shape index (κ3) is 19.5. The number of Topliss-reactive ketones (excluding diaryl/α,β-unsaturated/α-hetero) is 1. The Morgan fingerprint density at radius 2 is 1.21 bits per heavy atom. The normalized spacial score (nSPS) is 14.2. The first kappa shape index (κ1) is 32.5. The van der Waals surface area contributed by atoms with Crippen LogP contribution in [-0.2, 0) is 14.2 Å². The summed E-state index contributed by atoms with van der Waals surface area (Å²) in [6, 6.07) is 0. The molecule has 0 aromatic rings. The van der Waals surface area contributed by atoms with Crippen LogP contribution in [0.5, 0.6) is 0 Å². The van der Waals surface area contributed by atoms with Gasteiger partial charge in [0.2, 0.25) is 0 Å². The Kier molecular flexibility index (Phi) is 22.8. The lowest BCUT2D eigenvalue weighted by Crippen LogP contribution is -2.42. The zero-order chi connectivity index (χ0) is 24.7. The first-order chi connectivity index (χ1) is 16.0. The largest absolute Gasteiger partial charge is 0.634 e. The summed E-state index contributed by atoms with van der Waals surface area (Å²) in [5.74, 6) is -0.326. The fourth-order valence-electron chi connectivity index (χ4n) is 3.85. The predicted octanol–water partition coefficient (Wildman–Crippen LogP) is 2.90. The Balaban J connectivity index is 3.82. The maximum Gasteiger partial charge on any atom is 0.634 e. The maximum atomic E-state index is 12.4. The molecule has 0 aromatic heterocycles. The molecule has 0 saturated heterocycles. The van der Waals surface area contributed by atoms with E-state index >= 15 is 0 Å². The number of rotatable bonds is 25. The van der Waals surface area contributed by atoms with E-state index < -0.39 is 38.8 Å². The zero-order valence-electron chi connectivity index (χ0n) is 20.7. The van der Waals surface area contributed by atoms with E-state index in [9.17, 15) is 15.0 Å². The Bertz CT molecular complexity index is 439. The minimum Gasteiger partial charge on any atom is -0.402 e. The number of aliphatic hydroxyl groups excluding tert-OH is 3. The van der Waals surface area contributed by atoms with Crippen LogP contribution in [-0.4, -0.2) is 76.6 Å². The predicted molar refractivity (Wildman–Crippen MR) is 130 cm³/mol. The van der Waals surface area contributed by atoms with Crippen molar-refractivity contribution in [2.45, 2.75) is 128 Å². The van der Waals surface area contributed by atoms with E-state index in [1.165, 1.54) is 70.6 Å². The maximum absolute atomic E-state index is 12.4. The number of unbranched alkanes of at least 4 members (excludes halogenated alkanes) is 14. The van der Waals surface area contributed by atoms with Gasteiger partial charge in [0.05, 0.1) is 25.9 Å². The average molecular weight is 476 g/mol. The van der Waals surface area contributed by atoms with Crippen molar-refractivity contribution in [3.8, 4) is 0 Å². The highest BCUT2D eigenvalue weighted by Gasteiger charge is 2.28. The van der Waals surface area contributed by atoms with Gasteiger partial charge >= 0.3 is 7.32 Å². The summed E-state index contributed by atoms with van der Waals surface area (Å²) < 4.78 is 9.93. The van der Waals surface area contributed by atoms with Crippen LogP contribution in [0, 0.1) is 0 Å². The van der Waals surface area contributed by atoms with Crippen LogP contribution in [0.1, 0.15) is 110 Å². The lowest BCUT2D eigenvalue weighted by Gasteiger charge is -2.23. The minimum atomic E-state index is -2.08. The molecule has 0 radical (unpaired) electrons. The standard InChI is InChI=1S/C24H49BO8/c1-2-3-4-5-6-7-8-9-10-11-12-13-14-15-16-17-22(28)24(23(29)19-27)32-20-21(18-26)33-25(30)31/h21,23-24,26-27,29-31H,2-20H2,1H3. The van der Waals surface area contributed by atoms with Gasteiger partial charge in [0.25, 0.3) is 0 Å². The molecule has 0 fully saturated rings. The molecule has 0 heterocycles. The summed E-state index contributed by atoms with van der Waals surface area (Å²) in [6.45, 7) is 0.742. The van der Waals surface area contributed by atoms with Gasteiger partial charge in [-0.25, -0.2) is 0 Å². The molecule has 0 bridgehead atoms. The van der Waals surface area contributed by atoms with E-state index in [0.717, 1.165) is 19.3 Å². The van der Waals surface area contributed by atoms with Gasteiger partial charge in [0.15, 0.2) is 5.78 Å². The second kappa shape index (κ2) is 23.2. The van der Waals surface area contributed by atoms with Crippen molar-refractivity contribution in [1.82, 2.24) is 0 Å². The zero-order valence-corrected chi connectivity index (χ0v) is 20.7. The molecular formula is C24H49BO8. The highest BCUT2D eigenvalue weighted by atomic mass is 16.6. The highest BCUT2D eigenvalue weighted by Crippen LogP contribution is 2.15. The van der Waals surface area contributed by atoms with Gasteiger partial charge in [0, 0.05) is 6.42 Å². The number of carbonyl (C=O) groups excluding carboxylic acids is 1. The van der Waals surface area contributed by atoms with Crippen molar-refractivity contribution >= 4 is 13.1 Å². The molecule has 0 aliphatic rings. The molecule has 9 heteroatoms. The fraction of sp³-hybridized carbons (Fsp3) is 0.958. The first-order valence-corrected chi connectivity index (χ1v) is 13.0. The molecule has 0 aliphatic carbocycles. The number of carbonyl (C=O) groups is 1. The molecule has 0 amide bonds. The number of ether oxygens (including phenoxy) is 1. The molecule has 3 atom stereocenters. The van der Waals surface area contributed by atoms with Crippen molar-refractivity contribution in [2.24, 2.45) is 0 Å². The van der Waals surface area contributed by atoms with Crippen molar-refractivity contribution in [2.75, 3.05) is 19.8 Å². The second-order valence-corrected chi connectivity index (χ2v) is 8.94. The van der Waals surface area contributed by atoms with Gasteiger partial charge in [-0.3, -0.25) is 4.79 Å². The molecule has 0 aliphatic heterocycles. The van der Waals surface area contributed by atoms with Crippen molar-refractivity contribution in [3.05, 3.63) is 0 Å². The Morgan fingerprint density at radius 3 is 1.61 bits per heavy atom. The summed E-state index contributed by atoms with van der Waals surface area (Å²) in [5, 5.41) is 45.8. The van der Waals surface area contributed by atoms with Crippen LogP contribution in [0.2, 0.25) is 0 Å². The van der Waals surface area contributed by atoms with Gasteiger partial charge in [-0.1, -0.05) is 96.8 Å². The van der Waals surface area contributed by atoms with Crippen LogP contribution < -0.4 is 0 Å². The molecule has 0 rings (SSSR count). The minimum absolute atomic E-state index is 0.229. The van der Waals surface area contributed by atoms with Crippen LogP contribution in [0.4, 0.5) is 0 Å². The Morgan fingerprint density at radius 1 is 0.758 bits per heavy atom. The van der Waals surface area contributed by atoms with Gasteiger partial charge in [-0.2, -0.15) is 0 Å². The van der Waals surface area contributed by atoms with E-state index in [-0.39, 0.29) is 18.8 Å². The summed E-state index contributed by atoms with van der Waals surface area (Å²) in [6.07, 6.45) is 15.0. The SMILES string of the molecule is CCCCCCCCCCCCCCCCCC(=O)C(OCC(CO)OB(O)O)C(O)CO. The van der Waals surface area contributed by atoms with Gasteiger partial charge in [0.1, 0.15) is 12.2 Å². The summed E-state index contributed by atoms with van der Waals surface area (Å²) in [7, 11) is -2.08. The smallest absolute Gasteiger partial charge is 0.402 e. The highest BCUT2D eigenvalue weighted by molar-refractivity contribution is 6.32. The number of aliphatic hydroxyl groups is 3. The van der Waals surface area contributed by atoms with Crippen molar-refractivity contribution < 1.29 is 39.6 Å². The van der Waals surface area contributed by atoms with E-state index in [1.54, 1.807) is 0 Å². The van der Waals surface area contributed by atoms with Gasteiger partial charge in [-0.05, 0) is 6.42 Å². The third-order valence-corrected chi connectivity index (χ3v) is 5.86. The molecule has 0 spiro atoms. The molecule has 0 saturated carbocycles. The molecule has 33 heavy (non-hydrogen) atoms. The molecule has 3 unspecified atom stereocenters. The van der Waals surface area contributed by atoms with E-state index in [2.05, 4.69) is 11.6 Å². The molecule has 5 N–H and O–H groups in total. The fourth-order valence-corrected chi connectivity index (χ4v) is 3.85. The molecule has 196 valence electrons. The lowest BCUT2D eigenvalue weighted by molar-refractivity contribution is -0.145. The molecule has 0 aromatic carbocycles. The first-order valence-electron chi connectivity index (χ1n) is 13.0. The van der Waals surface area contributed by atoms with Crippen LogP contribution in [0.3, 0.4) is 0 Å². The Labute approximate surface area is 200 Å². The topological polar surface area (TPSA) is 137 Å². The van der Waals surface area contributed by atoms with E-state index in [0.29, 0.717) is 6.42 Å². The quantitative estimate of drug-likeness (QED) is 0.100. The summed E-state index contributed by atoms with van der Waals surface area (Å²) in [4.78, 5) is 12.4. The number of ketones is 1. The van der Waals surface area contributed by atoms with Gasteiger partial charge in [-0.15, -0.1) is 0 Å². The average Bonchev–Trinajstić information content (AvgIpc) is 2.80. The van der Waals surface area contributed by atoms with Crippen LogP contribution >= 0.6 is 0 Å². The monoisotopic (exact) mass is 476 g/mol. The van der Waals surface area contributed by atoms with Crippen LogP contribution in [0.15, 0.2) is 0 Å². The number of hydrogen-bond donors (Lipinski definition) is 5. The summed E-state index contributed by atoms with van der Waals surface area (Å²) in [5.41, 5.74) is 0. The van der Waals surface area contributed by atoms with Crippen LogP contribution in [0.25, 0.3) is 0 Å². The van der Waals surface area contributed by atoms with E-state index in [4.69, 9.17) is 19.9 Å². The lowest BCUT2D eigenvalue weighted by atomic mass is 10.0. The van der Waals surface area contributed by atoms with E-state index in [1.807, 2.05) is 0 Å². The number of hydrogen-bond acceptors (Lipinski definition) is 8. The van der Waals surface area contributed by atoms with Crippen molar-refractivity contribution in [3.63, 3.8) is 0 Å². The summed E-state index contributed by atoms with van der Waals surface area (Å²) >= 11 is 0.